The Balaban J connectivity index is 1.64. The van der Waals surface area contributed by atoms with E-state index in [-0.39, 0.29) is 30.0 Å². The van der Waals surface area contributed by atoms with Crippen molar-refractivity contribution < 1.29 is 13.9 Å². The topological polar surface area (TPSA) is 70.2 Å². The van der Waals surface area contributed by atoms with Gasteiger partial charge in [0.2, 0.25) is 0 Å². The second-order valence-corrected chi connectivity index (χ2v) is 6.42. The summed E-state index contributed by atoms with van der Waals surface area (Å²) < 4.78 is 19.1. The molecule has 3 unspecified atom stereocenters. The normalized spacial score (nSPS) is 21.2. The van der Waals surface area contributed by atoms with E-state index in [0.29, 0.717) is 6.54 Å². The minimum atomic E-state index is -0.366. The third-order valence-corrected chi connectivity index (χ3v) is 4.37. The van der Waals surface area contributed by atoms with Crippen LogP contribution >= 0.6 is 0 Å². The van der Waals surface area contributed by atoms with Crippen LogP contribution in [0.1, 0.15) is 30.3 Å². The van der Waals surface area contributed by atoms with Gasteiger partial charge in [-0.3, -0.25) is 4.79 Å². The molecular weight excluding hydrogens is 323 g/mol. The van der Waals surface area contributed by atoms with Crippen LogP contribution in [0.2, 0.25) is 0 Å². The van der Waals surface area contributed by atoms with Crippen LogP contribution in [0.5, 0.6) is 0 Å². The highest BCUT2D eigenvalue weighted by molar-refractivity contribution is 5.80. The number of halogens is 1. The first-order chi connectivity index (χ1) is 12.0. The minimum Gasteiger partial charge on any atom is -0.364 e. The van der Waals surface area contributed by atoms with Crippen molar-refractivity contribution in [2.45, 2.75) is 31.1 Å². The van der Waals surface area contributed by atoms with Gasteiger partial charge in [-0.25, -0.2) is 9.37 Å². The fourth-order valence-electron chi connectivity index (χ4n) is 3.04. The van der Waals surface area contributed by atoms with Gasteiger partial charge in [-0.05, 0) is 30.5 Å². The van der Waals surface area contributed by atoms with Gasteiger partial charge in [0.05, 0.1) is 12.1 Å². The molecule has 3 atom stereocenters. The maximum Gasteiger partial charge on any atom is 0.251 e. The van der Waals surface area contributed by atoms with Gasteiger partial charge in [0.15, 0.2) is 0 Å². The first-order valence-corrected chi connectivity index (χ1v) is 8.39. The van der Waals surface area contributed by atoms with Crippen molar-refractivity contribution in [2.24, 2.45) is 0 Å². The fraction of sp³-hybridized carbons (Fsp3) is 0.444. The molecule has 2 heterocycles. The lowest BCUT2D eigenvalue weighted by Crippen LogP contribution is -2.36. The van der Waals surface area contributed by atoms with Crippen molar-refractivity contribution in [2.75, 3.05) is 20.6 Å². The third kappa shape index (κ3) is 4.24. The largest absolute Gasteiger partial charge is 0.364 e. The van der Waals surface area contributed by atoms with Crippen LogP contribution in [0, 0.1) is 5.82 Å². The first kappa shape index (κ1) is 17.6. The van der Waals surface area contributed by atoms with Crippen molar-refractivity contribution in [1.29, 1.82) is 0 Å². The first-order valence-electron chi connectivity index (χ1n) is 8.39. The van der Waals surface area contributed by atoms with Gasteiger partial charge in [0.25, 0.3) is 5.91 Å². The van der Waals surface area contributed by atoms with E-state index < -0.39 is 0 Å². The number of ether oxygens (including phenoxy) is 1. The van der Waals surface area contributed by atoms with Gasteiger partial charge in [-0.15, -0.1) is 0 Å². The summed E-state index contributed by atoms with van der Waals surface area (Å²) in [6, 6.07) is 6.16. The number of aromatic amines is 1. The summed E-state index contributed by atoms with van der Waals surface area (Å²) in [5, 5.41) is 3.42. The maximum atomic E-state index is 13.2. The molecule has 25 heavy (non-hydrogen) atoms. The van der Waals surface area contributed by atoms with E-state index in [9.17, 15) is 9.18 Å². The molecule has 1 amide bonds. The van der Waals surface area contributed by atoms with Crippen LogP contribution in [0.3, 0.4) is 0 Å². The highest BCUT2D eigenvalue weighted by Crippen LogP contribution is 2.23. The number of hydrogen-bond donors (Lipinski definition) is 2. The minimum absolute atomic E-state index is 0.00335. The lowest BCUT2D eigenvalue weighted by Gasteiger charge is -2.21. The number of likely N-dealkylation sites (N-methyl/N-ethyl adjacent to an activating group) is 1. The van der Waals surface area contributed by atoms with Gasteiger partial charge in [0.1, 0.15) is 17.7 Å². The molecule has 1 aliphatic rings. The zero-order valence-corrected chi connectivity index (χ0v) is 14.4. The molecule has 1 saturated heterocycles. The number of rotatable bonds is 6. The Morgan fingerprint density at radius 1 is 1.40 bits per heavy atom. The van der Waals surface area contributed by atoms with Crippen molar-refractivity contribution in [1.82, 2.24) is 20.2 Å². The highest BCUT2D eigenvalue weighted by atomic mass is 19.1. The lowest BCUT2D eigenvalue weighted by molar-refractivity contribution is -0.140. The molecule has 3 rings (SSSR count). The maximum absolute atomic E-state index is 13.2. The number of amides is 1. The average molecular weight is 346 g/mol. The molecule has 0 aliphatic carbocycles. The van der Waals surface area contributed by atoms with Crippen LogP contribution in [0.25, 0.3) is 0 Å². The van der Waals surface area contributed by atoms with Crippen LogP contribution in [0.15, 0.2) is 36.7 Å². The van der Waals surface area contributed by atoms with E-state index in [0.717, 1.165) is 24.2 Å². The predicted molar refractivity (Wildman–Crippen MR) is 91.4 cm³/mol. The van der Waals surface area contributed by atoms with E-state index in [1.54, 1.807) is 43.5 Å². The Kier molecular flexibility index (Phi) is 5.45. The zero-order chi connectivity index (χ0) is 17.8. The molecule has 134 valence electrons. The zero-order valence-electron chi connectivity index (χ0n) is 14.4. The molecule has 2 N–H and O–H groups in total. The number of nitrogens with zero attached hydrogens (tertiary/aromatic N) is 2. The summed E-state index contributed by atoms with van der Waals surface area (Å²) in [7, 11) is 3.47. The number of carbonyl (C=O) groups is 1. The second kappa shape index (κ2) is 7.76. The second-order valence-electron chi connectivity index (χ2n) is 6.42. The van der Waals surface area contributed by atoms with Crippen molar-refractivity contribution in [3.63, 3.8) is 0 Å². The van der Waals surface area contributed by atoms with Gasteiger partial charge < -0.3 is 19.9 Å². The fourth-order valence-corrected chi connectivity index (χ4v) is 3.04. The van der Waals surface area contributed by atoms with Gasteiger partial charge in [-0.2, -0.15) is 0 Å². The summed E-state index contributed by atoms with van der Waals surface area (Å²) >= 11 is 0. The molecule has 0 spiro atoms. The van der Waals surface area contributed by atoms with E-state index in [1.807, 2.05) is 0 Å². The van der Waals surface area contributed by atoms with E-state index >= 15 is 0 Å². The molecule has 7 heteroatoms. The van der Waals surface area contributed by atoms with Crippen molar-refractivity contribution in [3.8, 4) is 0 Å². The molecule has 0 radical (unpaired) electrons. The number of H-pyrrole nitrogens is 1. The number of carbonyl (C=O) groups excluding carboxylic acids is 1. The van der Waals surface area contributed by atoms with Crippen molar-refractivity contribution >= 4 is 5.91 Å². The monoisotopic (exact) mass is 346 g/mol. The molecule has 0 saturated carbocycles. The molecule has 0 bridgehead atoms. The van der Waals surface area contributed by atoms with E-state index in [1.165, 1.54) is 12.1 Å². The Morgan fingerprint density at radius 3 is 2.80 bits per heavy atom. The molecular formula is C18H23FN4O2. The summed E-state index contributed by atoms with van der Waals surface area (Å²) in [4.78, 5) is 21.0. The number of aromatic nitrogens is 2. The SMILES string of the molecule is CN(C)C(=O)C1CCC(CNC(c2ccc(F)cc2)c2ncc[nH]2)O1. The number of imidazole rings is 1. The van der Waals surface area contributed by atoms with Crippen molar-refractivity contribution in [3.05, 3.63) is 53.9 Å². The standard InChI is InChI=1S/C18H23FN4O2/c1-23(2)18(24)15-8-7-14(25-15)11-22-16(17-20-9-10-21-17)12-3-5-13(19)6-4-12/h3-6,9-10,14-16,22H,7-8,11H2,1-2H3,(H,20,21). The lowest BCUT2D eigenvalue weighted by atomic mass is 10.1. The third-order valence-electron chi connectivity index (χ3n) is 4.37. The average Bonchev–Trinajstić information content (AvgIpc) is 3.28. The van der Waals surface area contributed by atoms with E-state index in [2.05, 4.69) is 15.3 Å². The van der Waals surface area contributed by atoms with Gasteiger partial charge >= 0.3 is 0 Å². The number of nitrogens with one attached hydrogen (secondary N) is 2. The highest BCUT2D eigenvalue weighted by Gasteiger charge is 2.32. The van der Waals surface area contributed by atoms with Crippen LogP contribution < -0.4 is 5.32 Å². The molecule has 1 aromatic heterocycles. The van der Waals surface area contributed by atoms with Crippen LogP contribution in [-0.4, -0.2) is 53.6 Å². The Hall–Kier alpha value is -2.25. The van der Waals surface area contributed by atoms with Crippen LogP contribution in [0.4, 0.5) is 4.39 Å². The van der Waals surface area contributed by atoms with E-state index in [4.69, 9.17) is 4.74 Å². The predicted octanol–water partition coefficient (Wildman–Crippen LogP) is 1.86. The summed E-state index contributed by atoms with van der Waals surface area (Å²) in [5.74, 6) is 0.486. The quantitative estimate of drug-likeness (QED) is 0.838. The Bertz CT molecular complexity index is 688. The summed E-state index contributed by atoms with van der Waals surface area (Å²) in [6.07, 6.45) is 4.59. The smallest absolute Gasteiger partial charge is 0.251 e. The molecule has 1 aliphatic heterocycles. The molecule has 2 aromatic rings. The Labute approximate surface area is 146 Å². The number of hydrogen-bond acceptors (Lipinski definition) is 4. The van der Waals surface area contributed by atoms with Crippen LogP contribution in [-0.2, 0) is 9.53 Å². The van der Waals surface area contributed by atoms with Gasteiger partial charge in [-0.1, -0.05) is 12.1 Å². The Morgan fingerprint density at radius 2 is 2.16 bits per heavy atom. The molecule has 1 aromatic carbocycles. The number of benzene rings is 1. The molecule has 6 nitrogen and oxygen atoms in total. The molecule has 1 fully saturated rings. The summed E-state index contributed by atoms with van der Waals surface area (Å²) in [5.41, 5.74) is 0.912. The van der Waals surface area contributed by atoms with Gasteiger partial charge in [0, 0.05) is 33.0 Å². The summed E-state index contributed by atoms with van der Waals surface area (Å²) in [6.45, 7) is 0.583.